The number of nitrogens with zero attached hydrogens (tertiary/aromatic N) is 1. The zero-order chi connectivity index (χ0) is 22.9. The first kappa shape index (κ1) is 24.4. The van der Waals surface area contributed by atoms with Gasteiger partial charge in [0.05, 0.1) is 0 Å². The number of hydrogen-bond donors (Lipinski definition) is 1. The van der Waals surface area contributed by atoms with Crippen molar-refractivity contribution in [2.24, 2.45) is 0 Å². The van der Waals surface area contributed by atoms with E-state index in [2.05, 4.69) is 26.1 Å². The number of carbonyl (C=O) groups is 2. The molecule has 2 amide bonds. The summed E-state index contributed by atoms with van der Waals surface area (Å²) in [6.07, 6.45) is 1.23. The van der Waals surface area contributed by atoms with Gasteiger partial charge in [0, 0.05) is 13.1 Å². The summed E-state index contributed by atoms with van der Waals surface area (Å²) in [5, 5.41) is 2.86. The molecule has 0 saturated heterocycles. The molecule has 0 unspecified atom stereocenters. The maximum absolute atomic E-state index is 13.2. The van der Waals surface area contributed by atoms with E-state index in [1.165, 1.54) is 0 Å². The number of ether oxygens (including phenoxy) is 1. The third-order valence-corrected chi connectivity index (χ3v) is 5.27. The minimum atomic E-state index is -0.516. The summed E-state index contributed by atoms with van der Waals surface area (Å²) in [6, 6.07) is 17.3. The average Bonchev–Trinajstić information content (AvgIpc) is 2.75. The molecule has 168 valence electrons. The van der Waals surface area contributed by atoms with Gasteiger partial charge in [0.25, 0.3) is 5.91 Å². The lowest BCUT2D eigenvalue weighted by Crippen LogP contribution is -2.51. The van der Waals surface area contributed by atoms with Gasteiger partial charge < -0.3 is 15.0 Å². The Morgan fingerprint density at radius 3 is 2.26 bits per heavy atom. The molecular formula is C26H36N2O3. The summed E-state index contributed by atoms with van der Waals surface area (Å²) in [4.78, 5) is 27.5. The number of para-hydroxylation sites is 1. The van der Waals surface area contributed by atoms with Gasteiger partial charge in [0.2, 0.25) is 5.91 Å². The van der Waals surface area contributed by atoms with Gasteiger partial charge in [0.15, 0.2) is 6.61 Å². The van der Waals surface area contributed by atoms with Crippen LogP contribution in [0.25, 0.3) is 0 Å². The number of nitrogens with one attached hydrogen (secondary N) is 1. The molecule has 1 N–H and O–H groups in total. The molecule has 1 atom stereocenters. The molecule has 0 saturated carbocycles. The minimum Gasteiger partial charge on any atom is -0.483 e. The first-order chi connectivity index (χ1) is 14.8. The molecule has 0 fully saturated rings. The number of rotatable bonds is 10. The fraction of sp³-hybridized carbons (Fsp3) is 0.462. The average molecular weight is 425 g/mol. The lowest BCUT2D eigenvalue weighted by atomic mass is 9.86. The molecule has 2 aromatic carbocycles. The highest BCUT2D eigenvalue weighted by molar-refractivity contribution is 5.88. The Bertz CT molecular complexity index is 843. The second-order valence-corrected chi connectivity index (χ2v) is 8.68. The zero-order valence-corrected chi connectivity index (χ0v) is 19.5. The van der Waals surface area contributed by atoms with Crippen molar-refractivity contribution in [2.45, 2.75) is 58.9 Å². The lowest BCUT2D eigenvalue weighted by Gasteiger charge is -2.31. The third kappa shape index (κ3) is 7.12. The topological polar surface area (TPSA) is 58.6 Å². The van der Waals surface area contributed by atoms with Crippen LogP contribution in [0, 0.1) is 0 Å². The molecule has 0 radical (unpaired) electrons. The highest BCUT2D eigenvalue weighted by atomic mass is 16.5. The highest BCUT2D eigenvalue weighted by Crippen LogP contribution is 2.31. The van der Waals surface area contributed by atoms with Gasteiger partial charge in [-0.15, -0.1) is 0 Å². The van der Waals surface area contributed by atoms with Gasteiger partial charge in [-0.05, 0) is 42.4 Å². The van der Waals surface area contributed by atoms with E-state index < -0.39 is 6.04 Å². The van der Waals surface area contributed by atoms with Crippen LogP contribution in [0.4, 0.5) is 0 Å². The molecule has 5 nitrogen and oxygen atoms in total. The number of hydrogen-bond acceptors (Lipinski definition) is 3. The molecule has 0 heterocycles. The van der Waals surface area contributed by atoms with Crippen molar-refractivity contribution in [1.82, 2.24) is 10.2 Å². The molecule has 0 spiro atoms. The van der Waals surface area contributed by atoms with E-state index in [9.17, 15) is 9.59 Å². The molecule has 0 aliphatic rings. The van der Waals surface area contributed by atoms with Crippen LogP contribution in [-0.2, 0) is 21.4 Å². The standard InChI is InChI=1S/C26H36N2O3/c1-6-22(25(30)27-7-2)28(18-17-20-13-9-8-10-14-20)24(29)19-31-23-16-12-11-15-21(23)26(3,4)5/h8-16,22H,6-7,17-19H2,1-5H3,(H,27,30)/t22-/m1/s1. The van der Waals surface area contributed by atoms with Crippen molar-refractivity contribution >= 4 is 11.8 Å². The quantitative estimate of drug-likeness (QED) is 0.617. The van der Waals surface area contributed by atoms with Gasteiger partial charge in [0.1, 0.15) is 11.8 Å². The Labute approximate surface area is 186 Å². The van der Waals surface area contributed by atoms with Crippen molar-refractivity contribution < 1.29 is 14.3 Å². The van der Waals surface area contributed by atoms with Crippen molar-refractivity contribution in [3.8, 4) is 5.75 Å². The molecule has 5 heteroatoms. The predicted molar refractivity (Wildman–Crippen MR) is 125 cm³/mol. The van der Waals surface area contributed by atoms with E-state index in [1.54, 1.807) is 4.90 Å². The Hall–Kier alpha value is -2.82. The molecule has 0 aromatic heterocycles. The fourth-order valence-electron chi connectivity index (χ4n) is 3.62. The van der Waals surface area contributed by atoms with E-state index in [1.807, 2.05) is 68.4 Å². The van der Waals surface area contributed by atoms with E-state index in [4.69, 9.17) is 4.74 Å². The monoisotopic (exact) mass is 424 g/mol. The van der Waals surface area contributed by atoms with Crippen LogP contribution in [0.1, 0.15) is 52.2 Å². The predicted octanol–water partition coefficient (Wildman–Crippen LogP) is 4.35. The van der Waals surface area contributed by atoms with Gasteiger partial charge in [-0.2, -0.15) is 0 Å². The number of benzene rings is 2. The smallest absolute Gasteiger partial charge is 0.261 e. The third-order valence-electron chi connectivity index (χ3n) is 5.27. The van der Waals surface area contributed by atoms with Crippen LogP contribution in [-0.4, -0.2) is 42.5 Å². The molecule has 0 aliphatic heterocycles. The van der Waals surface area contributed by atoms with Crippen molar-refractivity contribution in [1.29, 1.82) is 0 Å². The zero-order valence-electron chi connectivity index (χ0n) is 19.5. The number of likely N-dealkylation sites (N-methyl/N-ethyl adjacent to an activating group) is 1. The Balaban J connectivity index is 2.18. The summed E-state index contributed by atoms with van der Waals surface area (Å²) in [5.74, 6) is 0.400. The van der Waals surface area contributed by atoms with E-state index in [-0.39, 0.29) is 23.8 Å². The maximum atomic E-state index is 13.2. The molecule has 31 heavy (non-hydrogen) atoms. The summed E-state index contributed by atoms with van der Waals surface area (Å²) in [5.41, 5.74) is 2.08. The lowest BCUT2D eigenvalue weighted by molar-refractivity contribution is -0.142. The van der Waals surface area contributed by atoms with Gasteiger partial charge in [-0.1, -0.05) is 76.2 Å². The number of carbonyl (C=O) groups excluding carboxylic acids is 2. The van der Waals surface area contributed by atoms with E-state index >= 15 is 0 Å². The second kappa shape index (κ2) is 11.5. The fourth-order valence-corrected chi connectivity index (χ4v) is 3.62. The van der Waals surface area contributed by atoms with Crippen LogP contribution < -0.4 is 10.1 Å². The van der Waals surface area contributed by atoms with Gasteiger partial charge >= 0.3 is 0 Å². The van der Waals surface area contributed by atoms with E-state index in [0.29, 0.717) is 31.7 Å². The highest BCUT2D eigenvalue weighted by Gasteiger charge is 2.28. The first-order valence-corrected chi connectivity index (χ1v) is 11.1. The van der Waals surface area contributed by atoms with Crippen molar-refractivity contribution in [2.75, 3.05) is 19.7 Å². The first-order valence-electron chi connectivity index (χ1n) is 11.1. The van der Waals surface area contributed by atoms with Crippen LogP contribution in [0.3, 0.4) is 0 Å². The summed E-state index contributed by atoms with van der Waals surface area (Å²) in [7, 11) is 0. The van der Waals surface area contributed by atoms with Crippen LogP contribution in [0.5, 0.6) is 5.75 Å². The molecule has 0 aliphatic carbocycles. The van der Waals surface area contributed by atoms with Gasteiger partial charge in [-0.25, -0.2) is 0 Å². The largest absolute Gasteiger partial charge is 0.483 e. The summed E-state index contributed by atoms with van der Waals surface area (Å²) < 4.78 is 5.97. The maximum Gasteiger partial charge on any atom is 0.261 e. The van der Waals surface area contributed by atoms with Crippen molar-refractivity contribution in [3.63, 3.8) is 0 Å². The van der Waals surface area contributed by atoms with E-state index in [0.717, 1.165) is 11.1 Å². The molecule has 2 aromatic rings. The Kier molecular flexibility index (Phi) is 9.10. The minimum absolute atomic E-state index is 0.0976. The number of amides is 2. The summed E-state index contributed by atoms with van der Waals surface area (Å²) >= 11 is 0. The van der Waals surface area contributed by atoms with Crippen LogP contribution in [0.2, 0.25) is 0 Å². The Morgan fingerprint density at radius 2 is 1.65 bits per heavy atom. The normalized spacial score (nSPS) is 12.2. The van der Waals surface area contributed by atoms with Crippen LogP contribution in [0.15, 0.2) is 54.6 Å². The Morgan fingerprint density at radius 1 is 1.00 bits per heavy atom. The molecule has 2 rings (SSSR count). The van der Waals surface area contributed by atoms with Gasteiger partial charge in [-0.3, -0.25) is 9.59 Å². The van der Waals surface area contributed by atoms with Crippen LogP contribution >= 0.6 is 0 Å². The summed E-state index contributed by atoms with van der Waals surface area (Å²) in [6.45, 7) is 11.1. The molecular weight excluding hydrogens is 388 g/mol. The SMILES string of the molecule is CCNC(=O)[C@@H](CC)N(CCc1ccccc1)C(=O)COc1ccccc1C(C)(C)C. The van der Waals surface area contributed by atoms with Crippen molar-refractivity contribution in [3.05, 3.63) is 65.7 Å². The molecule has 0 bridgehead atoms. The second-order valence-electron chi connectivity index (χ2n) is 8.68.